The van der Waals surface area contributed by atoms with Gasteiger partial charge in [0.1, 0.15) is 5.56 Å². The Balaban J connectivity index is 2.40. The smallest absolute Gasteiger partial charge is 0.272 e. The fourth-order valence-corrected chi connectivity index (χ4v) is 1.80. The van der Waals surface area contributed by atoms with Gasteiger partial charge in [0, 0.05) is 18.0 Å². The number of rotatable bonds is 4. The summed E-state index contributed by atoms with van der Waals surface area (Å²) in [6.45, 7) is 3.43. The molecule has 0 aliphatic rings. The number of fused-ring (bicyclic) bond motifs is 1. The van der Waals surface area contributed by atoms with Crippen molar-refractivity contribution >= 4 is 11.6 Å². The van der Waals surface area contributed by atoms with Gasteiger partial charge in [0.15, 0.2) is 5.65 Å². The number of aromatic amines is 1. The van der Waals surface area contributed by atoms with E-state index in [-0.39, 0.29) is 35.3 Å². The molecular formula is C12H16N4O3. The minimum atomic E-state index is -0.364. The van der Waals surface area contributed by atoms with Crippen molar-refractivity contribution in [2.45, 2.75) is 26.3 Å². The van der Waals surface area contributed by atoms with Gasteiger partial charge >= 0.3 is 0 Å². The van der Waals surface area contributed by atoms with E-state index in [4.69, 9.17) is 5.11 Å². The summed E-state index contributed by atoms with van der Waals surface area (Å²) in [5.41, 5.74) is 0.853. The van der Waals surface area contributed by atoms with Gasteiger partial charge in [-0.15, -0.1) is 0 Å². The SMILES string of the molecule is CCC(CO)NC(=O)c1c[nH]n2c(=O)cc(C)nc12. The lowest BCUT2D eigenvalue weighted by atomic mass is 10.2. The highest BCUT2D eigenvalue weighted by Crippen LogP contribution is 2.07. The topological polar surface area (TPSA) is 99.5 Å². The van der Waals surface area contributed by atoms with Gasteiger partial charge < -0.3 is 10.4 Å². The molecule has 0 aliphatic heterocycles. The quantitative estimate of drug-likeness (QED) is 0.714. The predicted octanol–water partition coefficient (Wildman–Crippen LogP) is -0.168. The van der Waals surface area contributed by atoms with Crippen LogP contribution in [0.25, 0.3) is 5.65 Å². The standard InChI is InChI=1S/C12H16N4O3/c1-3-8(6-17)15-12(19)9-5-13-16-10(18)4-7(2)14-11(9)16/h4-5,8,13,17H,3,6H2,1-2H3,(H,15,19). The summed E-state index contributed by atoms with van der Waals surface area (Å²) in [6.07, 6.45) is 2.06. The summed E-state index contributed by atoms with van der Waals surface area (Å²) in [6, 6.07) is 1.08. The first-order valence-electron chi connectivity index (χ1n) is 6.06. The van der Waals surface area contributed by atoms with Crippen molar-refractivity contribution in [1.29, 1.82) is 0 Å². The number of aliphatic hydroxyl groups excluding tert-OH is 1. The molecule has 2 aromatic heterocycles. The molecule has 7 nitrogen and oxygen atoms in total. The van der Waals surface area contributed by atoms with E-state index < -0.39 is 0 Å². The van der Waals surface area contributed by atoms with Crippen LogP contribution in [0.15, 0.2) is 17.1 Å². The number of amides is 1. The average molecular weight is 264 g/mol. The van der Waals surface area contributed by atoms with Crippen molar-refractivity contribution in [1.82, 2.24) is 19.9 Å². The second-order valence-electron chi connectivity index (χ2n) is 4.34. The molecule has 19 heavy (non-hydrogen) atoms. The summed E-state index contributed by atoms with van der Waals surface area (Å²) in [5, 5.41) is 14.5. The number of carbonyl (C=O) groups excluding carboxylic acids is 1. The van der Waals surface area contributed by atoms with Crippen LogP contribution in [0.4, 0.5) is 0 Å². The molecule has 3 N–H and O–H groups in total. The van der Waals surface area contributed by atoms with E-state index in [9.17, 15) is 9.59 Å². The second kappa shape index (κ2) is 5.23. The van der Waals surface area contributed by atoms with Gasteiger partial charge in [0.25, 0.3) is 11.5 Å². The van der Waals surface area contributed by atoms with E-state index in [2.05, 4.69) is 15.4 Å². The molecule has 2 aromatic rings. The first kappa shape index (κ1) is 13.3. The van der Waals surface area contributed by atoms with Gasteiger partial charge in [-0.3, -0.25) is 14.7 Å². The maximum atomic E-state index is 12.1. The number of H-pyrrole nitrogens is 1. The molecule has 0 radical (unpaired) electrons. The van der Waals surface area contributed by atoms with Crippen molar-refractivity contribution in [3.05, 3.63) is 33.9 Å². The Morgan fingerprint density at radius 2 is 2.37 bits per heavy atom. The average Bonchev–Trinajstić information content (AvgIpc) is 2.79. The molecule has 1 unspecified atom stereocenters. The third-order valence-electron chi connectivity index (χ3n) is 2.92. The number of nitrogens with zero attached hydrogens (tertiary/aromatic N) is 2. The predicted molar refractivity (Wildman–Crippen MR) is 69.2 cm³/mol. The molecule has 0 saturated carbocycles. The minimum absolute atomic E-state index is 0.128. The minimum Gasteiger partial charge on any atom is -0.394 e. The van der Waals surface area contributed by atoms with Gasteiger partial charge in [0.2, 0.25) is 0 Å². The Morgan fingerprint density at radius 3 is 3.00 bits per heavy atom. The largest absolute Gasteiger partial charge is 0.394 e. The zero-order valence-electron chi connectivity index (χ0n) is 10.8. The van der Waals surface area contributed by atoms with Gasteiger partial charge in [-0.1, -0.05) is 6.92 Å². The number of nitrogens with one attached hydrogen (secondary N) is 2. The van der Waals surface area contributed by atoms with Gasteiger partial charge in [0.05, 0.1) is 12.6 Å². The van der Waals surface area contributed by atoms with Crippen LogP contribution in [0.5, 0.6) is 0 Å². The number of aromatic nitrogens is 3. The van der Waals surface area contributed by atoms with Crippen molar-refractivity contribution in [3.8, 4) is 0 Å². The number of aliphatic hydroxyl groups is 1. The molecule has 1 atom stereocenters. The van der Waals surface area contributed by atoms with Crippen LogP contribution in [0.2, 0.25) is 0 Å². The van der Waals surface area contributed by atoms with E-state index in [1.807, 2.05) is 6.92 Å². The lowest BCUT2D eigenvalue weighted by Gasteiger charge is -2.12. The monoisotopic (exact) mass is 264 g/mol. The zero-order valence-corrected chi connectivity index (χ0v) is 10.8. The Bertz CT molecular complexity index is 655. The van der Waals surface area contributed by atoms with E-state index in [1.54, 1.807) is 6.92 Å². The molecule has 0 saturated heterocycles. The number of aryl methyl sites for hydroxylation is 1. The van der Waals surface area contributed by atoms with Gasteiger partial charge in [-0.25, -0.2) is 9.50 Å². The molecule has 2 heterocycles. The summed E-state index contributed by atoms with van der Waals surface area (Å²) in [5.74, 6) is -0.364. The summed E-state index contributed by atoms with van der Waals surface area (Å²) in [4.78, 5) is 27.9. The van der Waals surface area contributed by atoms with E-state index >= 15 is 0 Å². The number of hydrogen-bond acceptors (Lipinski definition) is 4. The molecule has 0 aliphatic carbocycles. The van der Waals surface area contributed by atoms with Crippen molar-refractivity contribution in [3.63, 3.8) is 0 Å². The second-order valence-corrected chi connectivity index (χ2v) is 4.34. The molecule has 102 valence electrons. The summed E-state index contributed by atoms with van der Waals surface area (Å²) < 4.78 is 1.21. The highest BCUT2D eigenvalue weighted by molar-refractivity contribution is 5.99. The van der Waals surface area contributed by atoms with E-state index in [0.29, 0.717) is 12.1 Å². The number of carbonyl (C=O) groups is 1. The Morgan fingerprint density at radius 1 is 1.63 bits per heavy atom. The van der Waals surface area contributed by atoms with Gasteiger partial charge in [-0.05, 0) is 13.3 Å². The van der Waals surface area contributed by atoms with Crippen LogP contribution in [0, 0.1) is 6.92 Å². The summed E-state index contributed by atoms with van der Waals surface area (Å²) >= 11 is 0. The van der Waals surface area contributed by atoms with Crippen LogP contribution >= 0.6 is 0 Å². The van der Waals surface area contributed by atoms with Gasteiger partial charge in [-0.2, -0.15) is 0 Å². The third kappa shape index (κ3) is 2.50. The highest BCUT2D eigenvalue weighted by atomic mass is 16.3. The Kier molecular flexibility index (Phi) is 3.66. The molecular weight excluding hydrogens is 248 g/mol. The third-order valence-corrected chi connectivity index (χ3v) is 2.92. The molecule has 2 rings (SSSR count). The first-order valence-corrected chi connectivity index (χ1v) is 6.06. The fourth-order valence-electron chi connectivity index (χ4n) is 1.80. The fraction of sp³-hybridized carbons (Fsp3) is 0.417. The molecule has 1 amide bonds. The highest BCUT2D eigenvalue weighted by Gasteiger charge is 2.17. The van der Waals surface area contributed by atoms with Crippen LogP contribution in [0.1, 0.15) is 29.4 Å². The lowest BCUT2D eigenvalue weighted by molar-refractivity contribution is 0.0916. The first-order chi connectivity index (χ1) is 9.06. The van der Waals surface area contributed by atoms with Crippen LogP contribution < -0.4 is 10.9 Å². The maximum Gasteiger partial charge on any atom is 0.272 e. The maximum absolute atomic E-state index is 12.1. The molecule has 0 aromatic carbocycles. The lowest BCUT2D eigenvalue weighted by Crippen LogP contribution is -2.37. The van der Waals surface area contributed by atoms with E-state index in [0.717, 1.165) is 0 Å². The Hall–Kier alpha value is -2.15. The van der Waals surface area contributed by atoms with Crippen molar-refractivity contribution < 1.29 is 9.90 Å². The molecule has 0 bridgehead atoms. The molecule has 0 spiro atoms. The zero-order chi connectivity index (χ0) is 14.0. The van der Waals surface area contributed by atoms with Crippen molar-refractivity contribution in [2.24, 2.45) is 0 Å². The van der Waals surface area contributed by atoms with Crippen LogP contribution in [0.3, 0.4) is 0 Å². The van der Waals surface area contributed by atoms with Crippen LogP contribution in [-0.2, 0) is 0 Å². The molecule has 0 fully saturated rings. The normalized spacial score (nSPS) is 12.6. The molecule has 7 heteroatoms. The number of hydrogen-bond donors (Lipinski definition) is 3. The van der Waals surface area contributed by atoms with Crippen molar-refractivity contribution in [2.75, 3.05) is 6.61 Å². The Labute approximate surface area is 109 Å². The van der Waals surface area contributed by atoms with E-state index in [1.165, 1.54) is 16.8 Å². The summed E-state index contributed by atoms with van der Waals surface area (Å²) in [7, 11) is 0. The van der Waals surface area contributed by atoms with Crippen LogP contribution in [-0.4, -0.2) is 38.3 Å².